The number of rotatable bonds is 2. The zero-order valence-electron chi connectivity index (χ0n) is 18.7. The normalized spacial score (nSPS) is 34.6. The number of hydrogen-bond acceptors (Lipinski definition) is 6. The topological polar surface area (TPSA) is 83.6 Å². The van der Waals surface area contributed by atoms with E-state index in [-0.39, 0.29) is 24.3 Å². The summed E-state index contributed by atoms with van der Waals surface area (Å²) in [5.74, 6) is -9.27. The highest BCUT2D eigenvalue weighted by Crippen LogP contribution is 2.49. The number of alkyl halides is 6. The highest BCUT2D eigenvalue weighted by molar-refractivity contribution is 6.07. The van der Waals surface area contributed by atoms with Gasteiger partial charge < -0.3 is 19.9 Å². The Morgan fingerprint density at radius 1 is 0.722 bits per heavy atom. The molecule has 1 aromatic rings. The first-order valence-electron chi connectivity index (χ1n) is 11.5. The van der Waals surface area contributed by atoms with Crippen molar-refractivity contribution in [3.63, 3.8) is 0 Å². The van der Waals surface area contributed by atoms with Crippen molar-refractivity contribution in [1.82, 2.24) is 0 Å². The van der Waals surface area contributed by atoms with E-state index in [1.54, 1.807) is 36.4 Å². The van der Waals surface area contributed by atoms with Crippen LogP contribution in [-0.4, -0.2) is 45.6 Å². The van der Waals surface area contributed by atoms with Crippen molar-refractivity contribution >= 4 is 23.6 Å². The Bertz CT molecular complexity index is 1080. The average molecular weight is 516 g/mol. The van der Waals surface area contributed by atoms with Crippen LogP contribution in [0.4, 0.5) is 26.3 Å². The van der Waals surface area contributed by atoms with Gasteiger partial charge in [-0.15, -0.1) is 0 Å². The zero-order valence-corrected chi connectivity index (χ0v) is 18.7. The Kier molecular flexibility index (Phi) is 5.75. The minimum atomic E-state index is -4.98. The standard InChI is InChI=1S/C24H22F6N2O4/c25-23(26,27)21(33)17-5-1-3-15(19(17)31-35-21)11-13-7-9-14(10-8-13)12-16-4-2-6-18-20(16)32-36-22(18,34)24(28,29)30/h7-12,17-18,33-34H,1-6H2/b15-11+,16-12+. The molecular weight excluding hydrogens is 494 g/mol. The fourth-order valence-corrected chi connectivity index (χ4v) is 5.22. The molecular formula is C24H22F6N2O4. The van der Waals surface area contributed by atoms with Crippen LogP contribution in [0.2, 0.25) is 0 Å². The number of allylic oxidation sites excluding steroid dienone is 2. The molecule has 2 aliphatic heterocycles. The number of fused-ring (bicyclic) bond motifs is 2. The molecule has 2 N–H and O–H groups in total. The molecule has 4 aliphatic rings. The molecule has 0 spiro atoms. The second kappa shape index (κ2) is 8.34. The van der Waals surface area contributed by atoms with Gasteiger partial charge in [0.1, 0.15) is 0 Å². The lowest BCUT2D eigenvalue weighted by molar-refractivity contribution is -0.370. The monoisotopic (exact) mass is 516 g/mol. The molecule has 12 heteroatoms. The molecule has 0 bridgehead atoms. The van der Waals surface area contributed by atoms with Gasteiger partial charge in [-0.3, -0.25) is 0 Å². The molecule has 0 radical (unpaired) electrons. The van der Waals surface area contributed by atoms with Crippen molar-refractivity contribution in [1.29, 1.82) is 0 Å². The average Bonchev–Trinajstić information content (AvgIpc) is 3.35. The van der Waals surface area contributed by atoms with E-state index in [9.17, 15) is 36.6 Å². The fraction of sp³-hybridized carbons (Fsp3) is 0.500. The van der Waals surface area contributed by atoms with Crippen molar-refractivity contribution < 1.29 is 46.2 Å². The van der Waals surface area contributed by atoms with Gasteiger partial charge in [-0.05, 0) is 73.0 Å². The van der Waals surface area contributed by atoms with Crippen LogP contribution in [0.5, 0.6) is 0 Å². The summed E-state index contributed by atoms with van der Waals surface area (Å²) in [4.78, 5) is 8.91. The largest absolute Gasteiger partial charge is 0.458 e. The van der Waals surface area contributed by atoms with Crippen LogP contribution in [0, 0.1) is 11.8 Å². The number of halogens is 6. The Labute approximate surface area is 201 Å². The Morgan fingerprint density at radius 3 is 1.42 bits per heavy atom. The van der Waals surface area contributed by atoms with Crippen molar-refractivity contribution in [2.24, 2.45) is 22.1 Å². The smallest absolute Gasteiger partial charge is 0.349 e. The van der Waals surface area contributed by atoms with E-state index in [1.165, 1.54) is 0 Å². The Hall–Kier alpha value is -2.86. The summed E-state index contributed by atoms with van der Waals surface area (Å²) in [5, 5.41) is 27.2. The highest BCUT2D eigenvalue weighted by atomic mass is 19.4. The highest BCUT2D eigenvalue weighted by Gasteiger charge is 2.67. The third-order valence-corrected chi connectivity index (χ3v) is 7.14. The number of hydrogen-bond donors (Lipinski definition) is 2. The van der Waals surface area contributed by atoms with Crippen molar-refractivity contribution in [3.8, 4) is 0 Å². The molecule has 2 saturated carbocycles. The van der Waals surface area contributed by atoms with Crippen molar-refractivity contribution in [3.05, 3.63) is 46.5 Å². The second-order valence-corrected chi connectivity index (χ2v) is 9.42. The first-order chi connectivity index (χ1) is 16.8. The maximum Gasteiger partial charge on any atom is 0.458 e. The lowest BCUT2D eigenvalue weighted by atomic mass is 9.78. The maximum absolute atomic E-state index is 13.3. The molecule has 36 heavy (non-hydrogen) atoms. The molecule has 0 saturated heterocycles. The lowest BCUT2D eigenvalue weighted by Gasteiger charge is -2.32. The van der Waals surface area contributed by atoms with E-state index in [0.717, 1.165) is 0 Å². The number of oxime groups is 2. The summed E-state index contributed by atoms with van der Waals surface area (Å²) in [6, 6.07) is 6.87. The fourth-order valence-electron chi connectivity index (χ4n) is 5.22. The van der Waals surface area contributed by atoms with Gasteiger partial charge in [0.05, 0.1) is 23.3 Å². The van der Waals surface area contributed by atoms with Gasteiger partial charge in [-0.1, -0.05) is 34.6 Å². The number of nitrogens with zero attached hydrogens (tertiary/aromatic N) is 2. The summed E-state index contributed by atoms with van der Waals surface area (Å²) in [7, 11) is 0. The van der Waals surface area contributed by atoms with Gasteiger partial charge in [0, 0.05) is 0 Å². The lowest BCUT2D eigenvalue weighted by Crippen LogP contribution is -2.52. The van der Waals surface area contributed by atoms with E-state index < -0.39 is 35.8 Å². The molecule has 4 unspecified atom stereocenters. The Balaban J connectivity index is 1.35. The Morgan fingerprint density at radius 2 is 1.08 bits per heavy atom. The molecule has 2 aliphatic carbocycles. The summed E-state index contributed by atoms with van der Waals surface area (Å²) >= 11 is 0. The quantitative estimate of drug-likeness (QED) is 0.521. The first-order valence-corrected chi connectivity index (χ1v) is 11.5. The zero-order chi connectivity index (χ0) is 25.9. The molecule has 2 heterocycles. The molecule has 194 valence electrons. The minimum Gasteiger partial charge on any atom is -0.349 e. The van der Waals surface area contributed by atoms with E-state index in [1.807, 2.05) is 0 Å². The van der Waals surface area contributed by atoms with Crippen molar-refractivity contribution in [2.45, 2.75) is 62.5 Å². The third kappa shape index (κ3) is 3.90. The van der Waals surface area contributed by atoms with Gasteiger partial charge in [0.25, 0.3) is 0 Å². The first kappa shape index (κ1) is 24.8. The van der Waals surface area contributed by atoms with E-state index in [4.69, 9.17) is 0 Å². The molecule has 6 nitrogen and oxygen atoms in total. The molecule has 0 amide bonds. The number of aliphatic hydroxyl groups is 2. The van der Waals surface area contributed by atoms with E-state index in [2.05, 4.69) is 20.0 Å². The summed E-state index contributed by atoms with van der Waals surface area (Å²) in [5.41, 5.74) is 2.59. The van der Waals surface area contributed by atoms with Crippen LogP contribution in [0.15, 0.2) is 45.7 Å². The van der Waals surface area contributed by atoms with Crippen LogP contribution in [-0.2, 0) is 9.68 Å². The molecule has 2 fully saturated rings. The van der Waals surface area contributed by atoms with Gasteiger partial charge in [-0.25, -0.2) is 0 Å². The summed E-state index contributed by atoms with van der Waals surface area (Å²) in [6.45, 7) is 0. The second-order valence-electron chi connectivity index (χ2n) is 9.42. The van der Waals surface area contributed by atoms with Crippen LogP contribution in [0.1, 0.15) is 49.7 Å². The predicted octanol–water partition coefficient (Wildman–Crippen LogP) is 5.33. The van der Waals surface area contributed by atoms with Crippen LogP contribution >= 0.6 is 0 Å². The summed E-state index contributed by atoms with van der Waals surface area (Å²) < 4.78 is 80.0. The van der Waals surface area contributed by atoms with E-state index >= 15 is 0 Å². The van der Waals surface area contributed by atoms with Crippen LogP contribution < -0.4 is 0 Å². The molecule has 4 atom stereocenters. The van der Waals surface area contributed by atoms with Gasteiger partial charge in [0.2, 0.25) is 0 Å². The SMILES string of the molecule is OC1(C(F)(F)F)ON=C2/C(=C/c3ccc(/C=C4\CCCC5C4=NOC5(O)C(F)(F)F)cc3)CCCC21. The van der Waals surface area contributed by atoms with Crippen molar-refractivity contribution in [2.75, 3.05) is 0 Å². The maximum atomic E-state index is 13.3. The number of benzene rings is 1. The predicted molar refractivity (Wildman–Crippen MR) is 116 cm³/mol. The molecule has 1 aromatic carbocycles. The van der Waals surface area contributed by atoms with Gasteiger partial charge in [0.15, 0.2) is 0 Å². The van der Waals surface area contributed by atoms with Crippen LogP contribution in [0.3, 0.4) is 0 Å². The van der Waals surface area contributed by atoms with Gasteiger partial charge >= 0.3 is 23.9 Å². The van der Waals surface area contributed by atoms with Crippen LogP contribution in [0.25, 0.3) is 12.2 Å². The molecule has 5 rings (SSSR count). The van der Waals surface area contributed by atoms with E-state index in [0.29, 0.717) is 48.0 Å². The molecule has 0 aromatic heterocycles. The summed E-state index contributed by atoms with van der Waals surface area (Å²) in [6.07, 6.45) is -4.61. The minimum absolute atomic E-state index is 0.0805. The van der Waals surface area contributed by atoms with Gasteiger partial charge in [-0.2, -0.15) is 26.3 Å². The third-order valence-electron chi connectivity index (χ3n) is 7.14.